The molecule has 1 aromatic heterocycles. The molecule has 0 fully saturated rings. The van der Waals surface area contributed by atoms with Gasteiger partial charge in [-0.25, -0.2) is 0 Å². The van der Waals surface area contributed by atoms with Crippen LogP contribution in [0.2, 0.25) is 0 Å². The minimum atomic E-state index is 0.295. The Kier molecular flexibility index (Phi) is 6.22. The van der Waals surface area contributed by atoms with Gasteiger partial charge in [-0.05, 0) is 49.2 Å². The Hall–Kier alpha value is -1.87. The highest BCUT2D eigenvalue weighted by atomic mass is 16.5. The van der Waals surface area contributed by atoms with E-state index >= 15 is 0 Å². The molecule has 0 aliphatic carbocycles. The SMILES string of the molecule is CCCNC(CCOc1cccc(C)c1)c1cccnc1. The molecule has 0 bridgehead atoms. The Balaban J connectivity index is 1.90. The second-order valence-electron chi connectivity index (χ2n) is 5.25. The fraction of sp³-hybridized carbons (Fsp3) is 0.389. The van der Waals surface area contributed by atoms with Gasteiger partial charge in [-0.1, -0.05) is 25.1 Å². The van der Waals surface area contributed by atoms with E-state index in [-0.39, 0.29) is 0 Å². The highest BCUT2D eigenvalue weighted by molar-refractivity contribution is 5.27. The van der Waals surface area contributed by atoms with Crippen LogP contribution in [-0.4, -0.2) is 18.1 Å². The first-order valence-corrected chi connectivity index (χ1v) is 7.62. The summed E-state index contributed by atoms with van der Waals surface area (Å²) >= 11 is 0. The van der Waals surface area contributed by atoms with Crippen LogP contribution in [0.4, 0.5) is 0 Å². The van der Waals surface area contributed by atoms with E-state index in [1.807, 2.05) is 30.6 Å². The van der Waals surface area contributed by atoms with Gasteiger partial charge < -0.3 is 10.1 Å². The van der Waals surface area contributed by atoms with Crippen molar-refractivity contribution in [2.75, 3.05) is 13.2 Å². The lowest BCUT2D eigenvalue weighted by Crippen LogP contribution is -2.24. The standard InChI is InChI=1S/C18H24N2O/c1-3-10-20-18(16-7-5-11-19-14-16)9-12-21-17-8-4-6-15(2)13-17/h4-8,11,13-14,18,20H,3,9-10,12H2,1-2H3. The summed E-state index contributed by atoms with van der Waals surface area (Å²) in [5.41, 5.74) is 2.44. The molecular weight excluding hydrogens is 260 g/mol. The molecule has 112 valence electrons. The molecule has 0 saturated carbocycles. The maximum atomic E-state index is 5.86. The Morgan fingerprint density at radius 1 is 1.24 bits per heavy atom. The normalized spacial score (nSPS) is 12.1. The molecule has 1 heterocycles. The molecule has 2 aromatic rings. The number of pyridine rings is 1. The van der Waals surface area contributed by atoms with E-state index in [1.165, 1.54) is 11.1 Å². The van der Waals surface area contributed by atoms with Gasteiger partial charge in [0.15, 0.2) is 0 Å². The van der Waals surface area contributed by atoms with Gasteiger partial charge in [0.05, 0.1) is 6.61 Å². The molecule has 0 aliphatic rings. The molecule has 0 spiro atoms. The molecule has 2 rings (SSSR count). The number of nitrogens with one attached hydrogen (secondary N) is 1. The number of hydrogen-bond donors (Lipinski definition) is 1. The first-order chi connectivity index (χ1) is 10.3. The summed E-state index contributed by atoms with van der Waals surface area (Å²) in [4.78, 5) is 4.21. The van der Waals surface area contributed by atoms with Gasteiger partial charge in [0.2, 0.25) is 0 Å². The minimum absolute atomic E-state index is 0.295. The third-order valence-electron chi connectivity index (χ3n) is 3.39. The van der Waals surface area contributed by atoms with E-state index < -0.39 is 0 Å². The second kappa shape index (κ2) is 8.42. The molecule has 3 heteroatoms. The Labute approximate surface area is 127 Å². The van der Waals surface area contributed by atoms with Crippen LogP contribution in [0.3, 0.4) is 0 Å². The molecule has 3 nitrogen and oxygen atoms in total. The zero-order valence-electron chi connectivity index (χ0n) is 12.9. The highest BCUT2D eigenvalue weighted by Crippen LogP contribution is 2.18. The summed E-state index contributed by atoms with van der Waals surface area (Å²) in [6.07, 6.45) is 5.79. The van der Waals surface area contributed by atoms with E-state index in [0.717, 1.165) is 25.1 Å². The second-order valence-corrected chi connectivity index (χ2v) is 5.25. The van der Waals surface area contributed by atoms with Gasteiger partial charge in [-0.15, -0.1) is 0 Å². The predicted molar refractivity (Wildman–Crippen MR) is 86.6 cm³/mol. The van der Waals surface area contributed by atoms with Crippen molar-refractivity contribution < 1.29 is 4.74 Å². The molecule has 0 saturated heterocycles. The van der Waals surface area contributed by atoms with E-state index in [9.17, 15) is 0 Å². The van der Waals surface area contributed by atoms with Gasteiger partial charge in [0, 0.05) is 24.9 Å². The van der Waals surface area contributed by atoms with E-state index in [1.54, 1.807) is 0 Å². The average Bonchev–Trinajstić information content (AvgIpc) is 2.51. The summed E-state index contributed by atoms with van der Waals surface area (Å²) in [6, 6.07) is 12.6. The molecule has 1 unspecified atom stereocenters. The summed E-state index contributed by atoms with van der Waals surface area (Å²) in [7, 11) is 0. The maximum Gasteiger partial charge on any atom is 0.119 e. The number of benzene rings is 1. The van der Waals surface area contributed by atoms with Crippen LogP contribution in [0.5, 0.6) is 5.75 Å². The van der Waals surface area contributed by atoms with E-state index in [2.05, 4.69) is 42.3 Å². The first kappa shape index (κ1) is 15.5. The summed E-state index contributed by atoms with van der Waals surface area (Å²) in [5, 5.41) is 3.56. The van der Waals surface area contributed by atoms with Crippen LogP contribution in [0.25, 0.3) is 0 Å². The quantitative estimate of drug-likeness (QED) is 0.798. The third-order valence-corrected chi connectivity index (χ3v) is 3.39. The zero-order chi connectivity index (χ0) is 14.9. The van der Waals surface area contributed by atoms with Gasteiger partial charge in [-0.3, -0.25) is 4.98 Å². The summed E-state index contributed by atoms with van der Waals surface area (Å²) in [6.45, 7) is 5.95. The number of rotatable bonds is 8. The Morgan fingerprint density at radius 2 is 2.14 bits per heavy atom. The van der Waals surface area contributed by atoms with Gasteiger partial charge in [0.1, 0.15) is 5.75 Å². The van der Waals surface area contributed by atoms with E-state index in [0.29, 0.717) is 12.6 Å². The van der Waals surface area contributed by atoms with Crippen LogP contribution in [0, 0.1) is 6.92 Å². The van der Waals surface area contributed by atoms with Crippen molar-refractivity contribution in [3.8, 4) is 5.75 Å². The number of aromatic nitrogens is 1. The van der Waals surface area contributed by atoms with Crippen LogP contribution >= 0.6 is 0 Å². The fourth-order valence-electron chi connectivity index (χ4n) is 2.29. The fourth-order valence-corrected chi connectivity index (χ4v) is 2.29. The van der Waals surface area contributed by atoms with Gasteiger partial charge in [-0.2, -0.15) is 0 Å². The molecule has 1 aromatic carbocycles. The van der Waals surface area contributed by atoms with Gasteiger partial charge >= 0.3 is 0 Å². The number of aryl methyl sites for hydroxylation is 1. The summed E-state index contributed by atoms with van der Waals surface area (Å²) < 4.78 is 5.86. The van der Waals surface area contributed by atoms with Crippen molar-refractivity contribution in [2.45, 2.75) is 32.7 Å². The summed E-state index contributed by atoms with van der Waals surface area (Å²) in [5.74, 6) is 0.940. The molecule has 0 radical (unpaired) electrons. The van der Waals surface area contributed by atoms with E-state index in [4.69, 9.17) is 4.74 Å². The maximum absolute atomic E-state index is 5.86. The molecule has 1 N–H and O–H groups in total. The van der Waals surface area contributed by atoms with Crippen molar-refractivity contribution in [3.63, 3.8) is 0 Å². The lowest BCUT2D eigenvalue weighted by molar-refractivity contribution is 0.286. The Morgan fingerprint density at radius 3 is 2.86 bits per heavy atom. The minimum Gasteiger partial charge on any atom is -0.494 e. The lowest BCUT2D eigenvalue weighted by Gasteiger charge is -2.19. The molecule has 0 amide bonds. The van der Waals surface area contributed by atoms with Crippen LogP contribution in [-0.2, 0) is 0 Å². The topological polar surface area (TPSA) is 34.1 Å². The molecule has 0 aliphatic heterocycles. The third kappa shape index (κ3) is 5.20. The van der Waals surface area contributed by atoms with Crippen LogP contribution in [0.1, 0.15) is 36.9 Å². The average molecular weight is 284 g/mol. The lowest BCUT2D eigenvalue weighted by atomic mass is 10.1. The predicted octanol–water partition coefficient (Wildman–Crippen LogP) is 3.90. The van der Waals surface area contributed by atoms with Crippen molar-refractivity contribution in [1.82, 2.24) is 10.3 Å². The van der Waals surface area contributed by atoms with Crippen molar-refractivity contribution in [1.29, 1.82) is 0 Å². The Bertz CT molecular complexity index is 528. The molecular formula is C18H24N2O. The van der Waals surface area contributed by atoms with Crippen LogP contribution < -0.4 is 10.1 Å². The van der Waals surface area contributed by atoms with Crippen molar-refractivity contribution in [2.24, 2.45) is 0 Å². The first-order valence-electron chi connectivity index (χ1n) is 7.62. The molecule has 21 heavy (non-hydrogen) atoms. The van der Waals surface area contributed by atoms with Crippen molar-refractivity contribution in [3.05, 3.63) is 59.9 Å². The highest BCUT2D eigenvalue weighted by Gasteiger charge is 2.10. The smallest absolute Gasteiger partial charge is 0.119 e. The number of nitrogens with zero attached hydrogens (tertiary/aromatic N) is 1. The van der Waals surface area contributed by atoms with Crippen molar-refractivity contribution >= 4 is 0 Å². The van der Waals surface area contributed by atoms with Crippen LogP contribution in [0.15, 0.2) is 48.8 Å². The molecule has 1 atom stereocenters. The largest absolute Gasteiger partial charge is 0.494 e. The monoisotopic (exact) mass is 284 g/mol. The zero-order valence-corrected chi connectivity index (χ0v) is 12.9. The number of ether oxygens (including phenoxy) is 1. The number of hydrogen-bond acceptors (Lipinski definition) is 3. The van der Waals surface area contributed by atoms with Gasteiger partial charge in [0.25, 0.3) is 0 Å².